The van der Waals surface area contributed by atoms with Crippen LogP contribution in [-0.4, -0.2) is 54.5 Å². The number of ether oxygens (including phenoxy) is 2. The van der Waals surface area contributed by atoms with E-state index in [1.54, 1.807) is 13.0 Å². The summed E-state index contributed by atoms with van der Waals surface area (Å²) in [5, 5.41) is 31.8. The molecule has 2 atom stereocenters. The molecule has 84 heavy (non-hydrogen) atoms. The molecule has 0 aromatic heterocycles. The number of alkyl halides is 2. The van der Waals surface area contributed by atoms with Crippen LogP contribution in [0.5, 0.6) is 0 Å². The standard InChI is InChI=1S/2C26H19S.C16H22F2N4O7S/c2*1-2-14-22(15-3-1)27(25-18-8-12-20-10-4-6-16-23(20)25)26-19-9-13-21-11-5-7-17-24(21)26;1-4-28-12(23)5-7-14(2,9-19)21-22-15(3,10-20)8-6-13(24)29-11-16(17,18)30(25,26)27/h2*1-19H;4-8,11H2,1-3H3,(H,25,26,27)/q2*+1;/p-1. The van der Waals surface area contributed by atoms with Crippen LogP contribution >= 0.6 is 0 Å². The fourth-order valence-electron chi connectivity index (χ4n) is 9.06. The van der Waals surface area contributed by atoms with Crippen LogP contribution in [0.2, 0.25) is 0 Å². The highest BCUT2D eigenvalue weighted by Crippen LogP contribution is 2.40. The molecule has 0 N–H and O–H groups in total. The van der Waals surface area contributed by atoms with Gasteiger partial charge in [0.1, 0.15) is 21.8 Å². The van der Waals surface area contributed by atoms with Crippen molar-refractivity contribution in [1.82, 2.24) is 0 Å². The van der Waals surface area contributed by atoms with Gasteiger partial charge in [0.15, 0.2) is 57.2 Å². The molecule has 0 fully saturated rings. The number of rotatable bonds is 18. The summed E-state index contributed by atoms with van der Waals surface area (Å²) < 4.78 is 65.8. The summed E-state index contributed by atoms with van der Waals surface area (Å²) in [6.45, 7) is 2.45. The van der Waals surface area contributed by atoms with Crippen LogP contribution in [0.1, 0.15) is 46.5 Å². The van der Waals surface area contributed by atoms with E-state index in [-0.39, 0.29) is 47.7 Å². The van der Waals surface area contributed by atoms with E-state index < -0.39 is 51.4 Å². The molecule has 0 saturated heterocycles. The molecule has 0 aliphatic rings. The number of esters is 2. The van der Waals surface area contributed by atoms with E-state index >= 15 is 0 Å². The molecule has 0 saturated carbocycles. The number of azo groups is 1. The van der Waals surface area contributed by atoms with Crippen molar-refractivity contribution in [2.24, 2.45) is 10.2 Å². The Hall–Kier alpha value is -8.77. The van der Waals surface area contributed by atoms with Crippen LogP contribution in [0.3, 0.4) is 0 Å². The summed E-state index contributed by atoms with van der Waals surface area (Å²) in [6, 6.07) is 86.9. The predicted octanol–water partition coefficient (Wildman–Crippen LogP) is 16.0. The van der Waals surface area contributed by atoms with Crippen molar-refractivity contribution in [2.45, 2.75) is 92.2 Å². The van der Waals surface area contributed by atoms with Gasteiger partial charge < -0.3 is 14.0 Å². The Morgan fingerprint density at radius 2 is 0.762 bits per heavy atom. The summed E-state index contributed by atoms with van der Waals surface area (Å²) in [4.78, 5) is 31.2. The molecule has 16 heteroatoms. The fourth-order valence-corrected chi connectivity index (χ4v) is 14.1. The van der Waals surface area contributed by atoms with Gasteiger partial charge in [-0.2, -0.15) is 29.5 Å². The maximum Gasteiger partial charge on any atom is 0.367 e. The van der Waals surface area contributed by atoms with Gasteiger partial charge in [0, 0.05) is 34.4 Å². The largest absolute Gasteiger partial charge is 0.743 e. The SMILES string of the molecule is CCOC(=O)CCC(C)(C#N)N=NC(C)(C#N)CCC(=O)OCC(F)(F)S(=O)(=O)[O-].c1ccc([S+](c2cccc3ccccc23)c2cccc3ccccc23)cc1.c1ccc([S+](c2cccc3ccccc23)c2cccc3ccccc23)cc1. The van der Waals surface area contributed by atoms with Crippen molar-refractivity contribution in [3.05, 3.63) is 231 Å². The predicted molar refractivity (Wildman–Crippen MR) is 327 cm³/mol. The van der Waals surface area contributed by atoms with Crippen LogP contribution in [-0.2, 0) is 51.0 Å². The van der Waals surface area contributed by atoms with Crippen molar-refractivity contribution in [3.63, 3.8) is 0 Å². The normalized spacial score (nSPS) is 13.0. The lowest BCUT2D eigenvalue weighted by atomic mass is 9.97. The van der Waals surface area contributed by atoms with Crippen LogP contribution in [0.4, 0.5) is 8.78 Å². The maximum absolute atomic E-state index is 13.0. The number of hydrogen-bond donors (Lipinski definition) is 0. The molecule has 0 spiro atoms. The minimum Gasteiger partial charge on any atom is -0.743 e. The van der Waals surface area contributed by atoms with Crippen LogP contribution < -0.4 is 0 Å². The fraction of sp³-hybridized carbons (Fsp3) is 0.176. The average molecular weight is 1180 g/mol. The van der Waals surface area contributed by atoms with Gasteiger partial charge in [-0.15, -0.1) is 0 Å². The molecule has 0 bridgehead atoms. The molecule has 0 radical (unpaired) electrons. The molecule has 2 unspecified atom stereocenters. The summed E-state index contributed by atoms with van der Waals surface area (Å²) in [5.74, 6) is -1.84. The Morgan fingerprint density at radius 1 is 0.476 bits per heavy atom. The second kappa shape index (κ2) is 28.0. The van der Waals surface area contributed by atoms with Crippen molar-refractivity contribution in [1.29, 1.82) is 10.5 Å². The van der Waals surface area contributed by atoms with E-state index in [1.165, 1.54) is 86.3 Å². The minimum absolute atomic E-state index is 0.0475. The zero-order chi connectivity index (χ0) is 59.7. The number of halogens is 2. The quantitative estimate of drug-likeness (QED) is 0.0349. The summed E-state index contributed by atoms with van der Waals surface area (Å²) in [7, 11) is -6.33. The minimum atomic E-state index is -6.00. The van der Waals surface area contributed by atoms with E-state index in [0.29, 0.717) is 0 Å². The number of nitriles is 2. The smallest absolute Gasteiger partial charge is 0.367 e. The van der Waals surface area contributed by atoms with Gasteiger partial charge >= 0.3 is 17.2 Å². The van der Waals surface area contributed by atoms with Crippen molar-refractivity contribution in [3.8, 4) is 12.1 Å². The van der Waals surface area contributed by atoms with Gasteiger partial charge in [-0.1, -0.05) is 158 Å². The highest BCUT2D eigenvalue weighted by molar-refractivity contribution is 7.97. The highest BCUT2D eigenvalue weighted by Gasteiger charge is 2.40. The molecule has 0 aliphatic carbocycles. The molecule has 424 valence electrons. The Labute approximate surface area is 493 Å². The zero-order valence-electron chi connectivity index (χ0n) is 46.3. The van der Waals surface area contributed by atoms with Gasteiger partial charge in [-0.3, -0.25) is 9.59 Å². The van der Waals surface area contributed by atoms with E-state index in [2.05, 4.69) is 245 Å². The molecule has 0 amide bonds. The van der Waals surface area contributed by atoms with Gasteiger partial charge in [0.25, 0.3) is 0 Å². The number of carbonyl (C=O) groups excluding carboxylic acids is 2. The number of hydrogen-bond acceptors (Lipinski definition) is 11. The van der Waals surface area contributed by atoms with Crippen molar-refractivity contribution < 1.29 is 40.8 Å². The molecule has 10 aromatic rings. The second-order valence-corrected chi connectivity index (χ2v) is 25.1. The van der Waals surface area contributed by atoms with Crippen LogP contribution in [0.15, 0.2) is 270 Å². The van der Waals surface area contributed by atoms with E-state index in [1.807, 2.05) is 6.07 Å². The summed E-state index contributed by atoms with van der Waals surface area (Å²) in [6.07, 6.45) is -1.15. The third-order valence-corrected chi connectivity index (χ3v) is 19.0. The van der Waals surface area contributed by atoms with Crippen LogP contribution in [0.25, 0.3) is 43.1 Å². The number of carbonyl (C=O) groups is 2. The Balaban J connectivity index is 0.000000164. The molecule has 10 rings (SSSR count). The number of fused-ring (bicyclic) bond motifs is 4. The van der Waals surface area contributed by atoms with Gasteiger partial charge in [-0.05, 0) is 128 Å². The van der Waals surface area contributed by atoms with Crippen molar-refractivity contribution in [2.75, 3.05) is 13.2 Å². The topological polar surface area (TPSA) is 182 Å². The first-order chi connectivity index (χ1) is 40.5. The van der Waals surface area contributed by atoms with Gasteiger partial charge in [0.05, 0.1) is 18.7 Å². The monoisotopic (exact) mass is 1180 g/mol. The van der Waals surface area contributed by atoms with Crippen LogP contribution in [0, 0.1) is 22.7 Å². The molecular formula is C68H59F2N4O7S3+. The summed E-state index contributed by atoms with van der Waals surface area (Å²) in [5.41, 5.74) is -3.11. The van der Waals surface area contributed by atoms with Crippen molar-refractivity contribution >= 4 is 86.9 Å². The zero-order valence-corrected chi connectivity index (χ0v) is 48.8. The lowest BCUT2D eigenvalue weighted by molar-refractivity contribution is -0.150. The van der Waals surface area contributed by atoms with E-state index in [9.17, 15) is 41.9 Å². The van der Waals surface area contributed by atoms with Gasteiger partial charge in [-0.25, -0.2) is 8.42 Å². The molecule has 0 aliphatic heterocycles. The van der Waals surface area contributed by atoms with E-state index in [0.717, 1.165) is 0 Å². The highest BCUT2D eigenvalue weighted by atomic mass is 32.2. The third-order valence-electron chi connectivity index (χ3n) is 13.5. The Morgan fingerprint density at radius 3 is 1.06 bits per heavy atom. The molecule has 0 heterocycles. The summed E-state index contributed by atoms with van der Waals surface area (Å²) >= 11 is 0. The maximum atomic E-state index is 13.0. The lowest BCUT2D eigenvalue weighted by Gasteiger charge is -2.20. The molecule has 11 nitrogen and oxygen atoms in total. The lowest BCUT2D eigenvalue weighted by Crippen LogP contribution is -2.35. The first-order valence-electron chi connectivity index (χ1n) is 26.9. The molecular weight excluding hydrogens is 1120 g/mol. The Kier molecular flexibility index (Phi) is 20.4. The van der Waals surface area contributed by atoms with E-state index in [4.69, 9.17) is 4.74 Å². The third kappa shape index (κ3) is 15.3. The average Bonchev–Trinajstić information content (AvgIpc) is 1.91. The first-order valence-corrected chi connectivity index (χ1v) is 30.7. The molecule has 10 aromatic carbocycles. The number of nitrogens with zero attached hydrogens (tertiary/aromatic N) is 4. The second-order valence-electron chi connectivity index (χ2n) is 19.7. The first kappa shape index (κ1) is 61.3. The Bertz CT molecular complexity index is 3790. The van der Waals surface area contributed by atoms with Gasteiger partial charge in [0.2, 0.25) is 0 Å². The number of benzene rings is 10.